The van der Waals surface area contributed by atoms with E-state index in [0.717, 1.165) is 12.1 Å². The van der Waals surface area contributed by atoms with Crippen molar-refractivity contribution in [3.8, 4) is 0 Å². The second kappa shape index (κ2) is 8.35. The van der Waals surface area contributed by atoms with E-state index in [1.807, 2.05) is 6.07 Å². The predicted octanol–water partition coefficient (Wildman–Crippen LogP) is 2.31. The fourth-order valence-corrected chi connectivity index (χ4v) is 2.70. The van der Waals surface area contributed by atoms with Crippen LogP contribution < -0.4 is 10.6 Å². The number of rotatable bonds is 4. The third kappa shape index (κ3) is 4.59. The molecule has 0 bridgehead atoms. The molecule has 5 nitrogen and oxygen atoms in total. The summed E-state index contributed by atoms with van der Waals surface area (Å²) in [4.78, 5) is 14.6. The molecule has 1 aliphatic rings. The number of nitrogens with one attached hydrogen (secondary N) is 2. The van der Waals surface area contributed by atoms with Crippen molar-refractivity contribution in [3.63, 3.8) is 0 Å². The molecule has 7 heteroatoms. The molecule has 1 aromatic rings. The van der Waals surface area contributed by atoms with Crippen LogP contribution in [0.15, 0.2) is 18.2 Å². The van der Waals surface area contributed by atoms with Crippen molar-refractivity contribution in [1.82, 2.24) is 10.6 Å². The summed E-state index contributed by atoms with van der Waals surface area (Å²) in [5, 5.41) is 7.04. The highest BCUT2D eigenvalue weighted by atomic mass is 35.5. The van der Waals surface area contributed by atoms with E-state index >= 15 is 0 Å². The molecular weight excluding hydrogens is 325 g/mol. The quantitative estimate of drug-likeness (QED) is 0.826. The second-order valence-electron chi connectivity index (χ2n) is 5.05. The number of nitrogens with zero attached hydrogens (tertiary/aromatic N) is 1. The van der Waals surface area contributed by atoms with Gasteiger partial charge in [-0.2, -0.15) is 0 Å². The fourth-order valence-electron chi connectivity index (χ4n) is 2.40. The first kappa shape index (κ1) is 17.0. The monoisotopic (exact) mass is 341 g/mol. The molecule has 0 aliphatic carbocycles. The van der Waals surface area contributed by atoms with Crippen molar-refractivity contribution in [2.24, 2.45) is 5.92 Å². The minimum Gasteiger partial charge on any atom is -0.372 e. The molecule has 0 radical (unpaired) electrons. The standard InChI is InChI=1S/C15H17Cl2N3O2/c1-18-9-14(21)20-8-11-7-19-4-5-22-15(11)10-2-3-12(16)13(17)6-10/h2-3,6,11,15,19H,4-5,7-9H2,(H,20,21)/t11-,15-/m0/s1. The summed E-state index contributed by atoms with van der Waals surface area (Å²) in [7, 11) is 0. The van der Waals surface area contributed by atoms with Crippen LogP contribution in [-0.2, 0) is 9.53 Å². The second-order valence-corrected chi connectivity index (χ2v) is 5.86. The maximum absolute atomic E-state index is 11.5. The number of hydrogen-bond acceptors (Lipinski definition) is 3. The van der Waals surface area contributed by atoms with Crippen LogP contribution in [0.4, 0.5) is 0 Å². The topological polar surface area (TPSA) is 54.7 Å². The van der Waals surface area contributed by atoms with Gasteiger partial charge in [-0.15, -0.1) is 0 Å². The van der Waals surface area contributed by atoms with Crippen molar-refractivity contribution >= 4 is 29.1 Å². The number of carbonyl (C=O) groups excluding carboxylic acids is 1. The molecule has 1 aromatic carbocycles. The molecule has 1 fully saturated rings. The molecular formula is C15H17Cl2N3O2. The Kier molecular flexibility index (Phi) is 6.47. The van der Waals surface area contributed by atoms with E-state index in [2.05, 4.69) is 15.5 Å². The van der Waals surface area contributed by atoms with E-state index in [4.69, 9.17) is 34.5 Å². The van der Waals surface area contributed by atoms with Gasteiger partial charge in [-0.3, -0.25) is 4.79 Å². The maximum atomic E-state index is 11.5. The van der Waals surface area contributed by atoms with Crippen molar-refractivity contribution in [2.45, 2.75) is 6.10 Å². The number of benzene rings is 1. The lowest BCUT2D eigenvalue weighted by Gasteiger charge is -2.25. The van der Waals surface area contributed by atoms with E-state index in [9.17, 15) is 4.79 Å². The minimum absolute atomic E-state index is 0.0504. The van der Waals surface area contributed by atoms with E-state index in [-0.39, 0.29) is 24.5 Å². The Labute approximate surface area is 139 Å². The van der Waals surface area contributed by atoms with Crippen LogP contribution >= 0.6 is 23.2 Å². The predicted molar refractivity (Wildman–Crippen MR) is 86.0 cm³/mol. The van der Waals surface area contributed by atoms with Crippen molar-refractivity contribution < 1.29 is 9.53 Å². The Balaban J connectivity index is 2.11. The van der Waals surface area contributed by atoms with Crippen LogP contribution in [0.5, 0.6) is 0 Å². The van der Waals surface area contributed by atoms with Gasteiger partial charge in [-0.1, -0.05) is 29.3 Å². The zero-order valence-corrected chi connectivity index (χ0v) is 13.5. The summed E-state index contributed by atoms with van der Waals surface area (Å²) >= 11 is 12.0. The van der Waals surface area contributed by atoms with Crippen molar-refractivity contribution in [2.75, 3.05) is 32.8 Å². The average Bonchev–Trinajstić information content (AvgIpc) is 2.74. The van der Waals surface area contributed by atoms with Gasteiger partial charge in [-0.25, -0.2) is 6.57 Å². The highest BCUT2D eigenvalue weighted by molar-refractivity contribution is 6.42. The number of ether oxygens (including phenoxy) is 1. The lowest BCUT2D eigenvalue weighted by molar-refractivity contribution is -0.119. The van der Waals surface area contributed by atoms with Crippen molar-refractivity contribution in [1.29, 1.82) is 0 Å². The minimum atomic E-state index is -0.271. The van der Waals surface area contributed by atoms with E-state index in [1.54, 1.807) is 12.1 Å². The van der Waals surface area contributed by atoms with Gasteiger partial charge in [0, 0.05) is 25.6 Å². The third-order valence-corrected chi connectivity index (χ3v) is 4.21. The van der Waals surface area contributed by atoms with Gasteiger partial charge in [0.15, 0.2) is 0 Å². The molecule has 1 amide bonds. The van der Waals surface area contributed by atoms with E-state index < -0.39 is 0 Å². The van der Waals surface area contributed by atoms with Gasteiger partial charge in [0.05, 0.1) is 22.8 Å². The molecule has 2 atom stereocenters. The molecule has 1 aliphatic heterocycles. The molecule has 2 rings (SSSR count). The molecule has 1 heterocycles. The largest absolute Gasteiger partial charge is 0.372 e. The Morgan fingerprint density at radius 1 is 1.45 bits per heavy atom. The Bertz CT molecular complexity index is 574. The summed E-state index contributed by atoms with van der Waals surface area (Å²) < 4.78 is 5.91. The van der Waals surface area contributed by atoms with Gasteiger partial charge >= 0.3 is 0 Å². The van der Waals surface area contributed by atoms with Crippen LogP contribution in [0.25, 0.3) is 4.85 Å². The Morgan fingerprint density at radius 2 is 2.27 bits per heavy atom. The smallest absolute Gasteiger partial charge is 0.300 e. The first-order valence-corrected chi connectivity index (χ1v) is 7.74. The molecule has 0 aromatic heterocycles. The first-order chi connectivity index (χ1) is 10.6. The molecule has 1 saturated heterocycles. The number of carbonyl (C=O) groups is 1. The molecule has 2 N–H and O–H groups in total. The molecule has 22 heavy (non-hydrogen) atoms. The van der Waals surface area contributed by atoms with Gasteiger partial charge in [-0.05, 0) is 17.7 Å². The van der Waals surface area contributed by atoms with Crippen LogP contribution in [0.1, 0.15) is 11.7 Å². The lowest BCUT2D eigenvalue weighted by Crippen LogP contribution is -2.37. The third-order valence-electron chi connectivity index (χ3n) is 3.47. The number of hydrogen-bond donors (Lipinski definition) is 2. The van der Waals surface area contributed by atoms with Gasteiger partial charge in [0.2, 0.25) is 0 Å². The summed E-state index contributed by atoms with van der Waals surface area (Å²) in [6, 6.07) is 5.43. The summed E-state index contributed by atoms with van der Waals surface area (Å²) in [5.74, 6) is -0.221. The van der Waals surface area contributed by atoms with Crippen LogP contribution in [-0.4, -0.2) is 38.7 Å². The average molecular weight is 342 g/mol. The van der Waals surface area contributed by atoms with E-state index in [0.29, 0.717) is 29.7 Å². The van der Waals surface area contributed by atoms with E-state index in [1.165, 1.54) is 0 Å². The normalized spacial score (nSPS) is 21.7. The molecule has 0 saturated carbocycles. The zero-order valence-electron chi connectivity index (χ0n) is 11.9. The Hall–Kier alpha value is -1.32. The number of halogens is 2. The van der Waals surface area contributed by atoms with Gasteiger partial charge in [0.1, 0.15) is 0 Å². The summed E-state index contributed by atoms with van der Waals surface area (Å²) in [6.45, 7) is 9.04. The summed E-state index contributed by atoms with van der Waals surface area (Å²) in [5.41, 5.74) is 0.933. The molecule has 118 valence electrons. The lowest BCUT2D eigenvalue weighted by atomic mass is 9.95. The zero-order chi connectivity index (χ0) is 15.9. The maximum Gasteiger partial charge on any atom is 0.300 e. The summed E-state index contributed by atoms with van der Waals surface area (Å²) in [6.07, 6.45) is -0.182. The fraction of sp³-hybridized carbons (Fsp3) is 0.467. The SMILES string of the molecule is [C-]#[N+]CC(=O)NC[C@@H]1CNCCO[C@H]1c1ccc(Cl)c(Cl)c1. The van der Waals surface area contributed by atoms with Crippen LogP contribution in [0.2, 0.25) is 10.0 Å². The molecule has 0 spiro atoms. The van der Waals surface area contributed by atoms with Crippen molar-refractivity contribution in [3.05, 3.63) is 45.2 Å². The number of amides is 1. The van der Waals surface area contributed by atoms with Gasteiger partial charge < -0.3 is 20.2 Å². The van der Waals surface area contributed by atoms with Crippen LogP contribution in [0, 0.1) is 12.5 Å². The highest BCUT2D eigenvalue weighted by Crippen LogP contribution is 2.31. The highest BCUT2D eigenvalue weighted by Gasteiger charge is 2.27. The first-order valence-electron chi connectivity index (χ1n) is 6.99. The molecule has 0 unspecified atom stereocenters. The Morgan fingerprint density at radius 3 is 3.00 bits per heavy atom. The van der Waals surface area contributed by atoms with Crippen LogP contribution in [0.3, 0.4) is 0 Å². The van der Waals surface area contributed by atoms with Gasteiger partial charge in [0.25, 0.3) is 12.5 Å².